The van der Waals surface area contributed by atoms with Crippen LogP contribution in [-0.2, 0) is 17.9 Å². The third-order valence-electron chi connectivity index (χ3n) is 5.85. The maximum Gasteiger partial charge on any atom is 0.260 e. The number of nitrogens with zero attached hydrogens (tertiary/aromatic N) is 6. The molecule has 3 aliphatic rings. The van der Waals surface area contributed by atoms with E-state index in [1.54, 1.807) is 4.90 Å². The summed E-state index contributed by atoms with van der Waals surface area (Å²) in [6.45, 7) is 3.26. The van der Waals surface area contributed by atoms with Crippen molar-refractivity contribution in [2.45, 2.75) is 25.4 Å². The molecule has 0 spiro atoms. The van der Waals surface area contributed by atoms with Crippen LogP contribution in [0.25, 0.3) is 5.69 Å². The zero-order valence-electron chi connectivity index (χ0n) is 16.0. The van der Waals surface area contributed by atoms with Crippen molar-refractivity contribution in [3.63, 3.8) is 0 Å². The first kappa shape index (κ1) is 18.7. The summed E-state index contributed by atoms with van der Waals surface area (Å²) in [7, 11) is 2.02. The lowest BCUT2D eigenvalue weighted by Gasteiger charge is -2.35. The van der Waals surface area contributed by atoms with Crippen molar-refractivity contribution < 1.29 is 13.6 Å². The SMILES string of the molecule is CN1Cc2cc(Cl)ccc2-n2c(nnc2N2CCN(C(=O)C3CC3(F)F)CC2)C1. The number of aromatic nitrogens is 3. The number of halogens is 3. The molecule has 1 saturated heterocycles. The van der Waals surface area contributed by atoms with Gasteiger partial charge < -0.3 is 9.80 Å². The standard InChI is InChI=1S/C19H21ClF2N6O/c1-25-10-12-8-13(20)2-3-15(12)28-16(11-25)23-24-18(28)27-6-4-26(5-7-27)17(29)14-9-19(14,21)22/h2-3,8,14H,4-7,9-11H2,1H3. The second-order valence-electron chi connectivity index (χ2n) is 8.03. The molecule has 29 heavy (non-hydrogen) atoms. The van der Waals surface area contributed by atoms with E-state index < -0.39 is 17.7 Å². The number of hydrogen-bond donors (Lipinski definition) is 0. The van der Waals surface area contributed by atoms with Gasteiger partial charge in [-0.05, 0) is 30.8 Å². The lowest BCUT2D eigenvalue weighted by molar-refractivity contribution is -0.135. The van der Waals surface area contributed by atoms with E-state index in [0.29, 0.717) is 43.7 Å². The van der Waals surface area contributed by atoms with Gasteiger partial charge >= 0.3 is 0 Å². The maximum atomic E-state index is 13.2. The monoisotopic (exact) mass is 422 g/mol. The van der Waals surface area contributed by atoms with Gasteiger partial charge in [-0.3, -0.25) is 14.3 Å². The Morgan fingerprint density at radius 1 is 1.17 bits per heavy atom. The molecule has 1 aliphatic carbocycles. The van der Waals surface area contributed by atoms with Crippen molar-refractivity contribution in [3.05, 3.63) is 34.6 Å². The second kappa shape index (κ2) is 6.63. The van der Waals surface area contributed by atoms with Gasteiger partial charge in [-0.15, -0.1) is 10.2 Å². The molecule has 2 fully saturated rings. The van der Waals surface area contributed by atoms with E-state index in [1.807, 2.05) is 29.8 Å². The smallest absolute Gasteiger partial charge is 0.260 e. The first-order valence-electron chi connectivity index (χ1n) is 9.67. The van der Waals surface area contributed by atoms with Crippen molar-refractivity contribution in [1.29, 1.82) is 0 Å². The van der Waals surface area contributed by atoms with E-state index in [1.165, 1.54) is 0 Å². The lowest BCUT2D eigenvalue weighted by Crippen LogP contribution is -2.50. The van der Waals surface area contributed by atoms with E-state index in [4.69, 9.17) is 11.6 Å². The fraction of sp³-hybridized carbons (Fsp3) is 0.526. The highest BCUT2D eigenvalue weighted by atomic mass is 35.5. The Morgan fingerprint density at radius 2 is 1.90 bits per heavy atom. The Morgan fingerprint density at radius 3 is 2.59 bits per heavy atom. The van der Waals surface area contributed by atoms with Crippen molar-refractivity contribution in [3.8, 4) is 5.69 Å². The predicted molar refractivity (Wildman–Crippen MR) is 103 cm³/mol. The van der Waals surface area contributed by atoms with Gasteiger partial charge in [0, 0.05) is 44.2 Å². The van der Waals surface area contributed by atoms with Crippen LogP contribution in [0.4, 0.5) is 14.7 Å². The van der Waals surface area contributed by atoms with E-state index in [0.717, 1.165) is 23.6 Å². The fourth-order valence-corrected chi connectivity index (χ4v) is 4.37. The lowest BCUT2D eigenvalue weighted by atomic mass is 10.1. The molecule has 1 aromatic heterocycles. The van der Waals surface area contributed by atoms with Gasteiger partial charge in [0.2, 0.25) is 11.9 Å². The summed E-state index contributed by atoms with van der Waals surface area (Å²) in [5.41, 5.74) is 2.08. The van der Waals surface area contributed by atoms with Crippen LogP contribution in [0.15, 0.2) is 18.2 Å². The number of fused-ring (bicyclic) bond motifs is 3. The Kier molecular flexibility index (Phi) is 4.29. The van der Waals surface area contributed by atoms with Gasteiger partial charge in [-0.2, -0.15) is 0 Å². The molecule has 1 amide bonds. The molecule has 10 heteroatoms. The number of piperazine rings is 1. The van der Waals surface area contributed by atoms with Gasteiger partial charge in [-0.25, -0.2) is 8.78 Å². The van der Waals surface area contributed by atoms with E-state index in [2.05, 4.69) is 20.0 Å². The number of anilines is 1. The molecule has 1 saturated carbocycles. The minimum atomic E-state index is -2.82. The highest BCUT2D eigenvalue weighted by Crippen LogP contribution is 2.49. The number of carbonyl (C=O) groups excluding carboxylic acids is 1. The van der Waals surface area contributed by atoms with E-state index in [9.17, 15) is 13.6 Å². The third-order valence-corrected chi connectivity index (χ3v) is 6.08. The molecular weight excluding hydrogens is 402 g/mol. The van der Waals surface area contributed by atoms with Crippen LogP contribution >= 0.6 is 11.6 Å². The molecule has 154 valence electrons. The van der Waals surface area contributed by atoms with E-state index in [-0.39, 0.29) is 6.42 Å². The van der Waals surface area contributed by atoms with Gasteiger partial charge in [0.25, 0.3) is 5.92 Å². The highest BCUT2D eigenvalue weighted by molar-refractivity contribution is 6.30. The van der Waals surface area contributed by atoms with Crippen LogP contribution in [0.1, 0.15) is 17.8 Å². The molecule has 5 rings (SSSR count). The number of rotatable bonds is 2. The quantitative estimate of drug-likeness (QED) is 0.742. The summed E-state index contributed by atoms with van der Waals surface area (Å²) in [4.78, 5) is 18.0. The van der Waals surface area contributed by atoms with Gasteiger partial charge in [0.15, 0.2) is 5.82 Å². The number of benzene rings is 1. The van der Waals surface area contributed by atoms with Crippen LogP contribution < -0.4 is 4.90 Å². The topological polar surface area (TPSA) is 57.5 Å². The van der Waals surface area contributed by atoms with Crippen molar-refractivity contribution >= 4 is 23.5 Å². The average Bonchev–Trinajstić information content (AvgIpc) is 3.18. The molecule has 1 aromatic carbocycles. The van der Waals surface area contributed by atoms with Gasteiger partial charge in [0.05, 0.1) is 12.2 Å². The third kappa shape index (κ3) is 3.26. The summed E-state index contributed by atoms with van der Waals surface area (Å²) < 4.78 is 28.5. The molecule has 7 nitrogen and oxygen atoms in total. The van der Waals surface area contributed by atoms with Crippen LogP contribution in [0.5, 0.6) is 0 Å². The number of hydrogen-bond acceptors (Lipinski definition) is 5. The molecule has 0 N–H and O–H groups in total. The molecule has 1 unspecified atom stereocenters. The Balaban J connectivity index is 1.39. The first-order valence-corrected chi connectivity index (χ1v) is 10.0. The number of amides is 1. The molecule has 2 aromatic rings. The Labute approximate surface area is 171 Å². The molecule has 0 radical (unpaired) electrons. The van der Waals surface area contributed by atoms with Crippen molar-refractivity contribution in [2.75, 3.05) is 38.1 Å². The average molecular weight is 423 g/mol. The number of carbonyl (C=O) groups is 1. The molecule has 3 heterocycles. The predicted octanol–water partition coefficient (Wildman–Crippen LogP) is 2.17. The molecular formula is C19H21ClF2N6O. The first-order chi connectivity index (χ1) is 13.8. The summed E-state index contributed by atoms with van der Waals surface area (Å²) in [6.07, 6.45) is -0.323. The van der Waals surface area contributed by atoms with Crippen molar-refractivity contribution in [2.24, 2.45) is 5.92 Å². The zero-order chi connectivity index (χ0) is 20.3. The number of alkyl halides is 2. The summed E-state index contributed by atoms with van der Waals surface area (Å²) in [6, 6.07) is 5.78. The van der Waals surface area contributed by atoms with Crippen molar-refractivity contribution in [1.82, 2.24) is 24.6 Å². The van der Waals surface area contributed by atoms with Crippen LogP contribution in [0.2, 0.25) is 5.02 Å². The van der Waals surface area contributed by atoms with Gasteiger partial charge in [0.1, 0.15) is 5.92 Å². The van der Waals surface area contributed by atoms with Gasteiger partial charge in [-0.1, -0.05) is 11.6 Å². The summed E-state index contributed by atoms with van der Waals surface area (Å²) in [5.74, 6) is -2.85. The summed E-state index contributed by atoms with van der Waals surface area (Å²) >= 11 is 6.20. The zero-order valence-corrected chi connectivity index (χ0v) is 16.7. The summed E-state index contributed by atoms with van der Waals surface area (Å²) in [5, 5.41) is 9.49. The molecule has 2 aliphatic heterocycles. The van der Waals surface area contributed by atoms with Crippen LogP contribution in [0, 0.1) is 5.92 Å². The highest BCUT2D eigenvalue weighted by Gasteiger charge is 2.62. The fourth-order valence-electron chi connectivity index (χ4n) is 4.18. The van der Waals surface area contributed by atoms with Crippen LogP contribution in [0.3, 0.4) is 0 Å². The minimum absolute atomic E-state index is 0.323. The molecule has 0 bridgehead atoms. The Hall–Kier alpha value is -2.26. The largest absolute Gasteiger partial charge is 0.339 e. The van der Waals surface area contributed by atoms with Crippen LogP contribution in [-0.4, -0.2) is 69.6 Å². The Bertz CT molecular complexity index is 972. The van der Waals surface area contributed by atoms with E-state index >= 15 is 0 Å². The maximum absolute atomic E-state index is 13.2. The normalized spacial score (nSPS) is 23.4. The second-order valence-corrected chi connectivity index (χ2v) is 8.46. The molecule has 1 atom stereocenters. The minimum Gasteiger partial charge on any atom is -0.339 e.